The Morgan fingerprint density at radius 3 is 2.50 bits per heavy atom. The van der Waals surface area contributed by atoms with E-state index >= 15 is 0 Å². The Kier molecular flexibility index (Phi) is 7.76. The fourth-order valence-electron chi connectivity index (χ4n) is 0.985. The lowest BCUT2D eigenvalue weighted by molar-refractivity contribution is 0.206. The number of hydrogen-bond acceptors (Lipinski definition) is 2. The van der Waals surface area contributed by atoms with Gasteiger partial charge in [0.1, 0.15) is 0 Å². The van der Waals surface area contributed by atoms with E-state index in [1.807, 2.05) is 11.8 Å². The third-order valence-corrected chi connectivity index (χ3v) is 2.60. The largest absolute Gasteiger partial charge is 0.327 e. The predicted octanol–water partition coefficient (Wildman–Crippen LogP) is 2.87. The number of hydrogen-bond donors (Lipinski definition) is 1. The van der Waals surface area contributed by atoms with Gasteiger partial charge in [0, 0.05) is 18.3 Å². The van der Waals surface area contributed by atoms with Crippen LogP contribution in [0.5, 0.6) is 0 Å². The average molecular weight is 218 g/mol. The molecular formula is C10H22N2OS. The van der Waals surface area contributed by atoms with E-state index in [9.17, 15) is 4.79 Å². The molecule has 0 aromatic carbocycles. The summed E-state index contributed by atoms with van der Waals surface area (Å²) < 4.78 is 2.85. The summed E-state index contributed by atoms with van der Waals surface area (Å²) in [7, 11) is 0. The van der Waals surface area contributed by atoms with Crippen LogP contribution in [0.3, 0.4) is 0 Å². The van der Waals surface area contributed by atoms with Gasteiger partial charge in [-0.15, -0.1) is 0 Å². The Balaban J connectivity index is 3.79. The van der Waals surface area contributed by atoms with Crippen molar-refractivity contribution in [3.05, 3.63) is 0 Å². The fourth-order valence-corrected chi connectivity index (χ4v) is 1.45. The third-order valence-electron chi connectivity index (χ3n) is 1.83. The lowest BCUT2D eigenvalue weighted by Gasteiger charge is -2.21. The minimum atomic E-state index is 0.0413. The van der Waals surface area contributed by atoms with E-state index < -0.39 is 0 Å². The number of urea groups is 1. The second kappa shape index (κ2) is 7.97. The molecule has 0 saturated heterocycles. The van der Waals surface area contributed by atoms with Crippen molar-refractivity contribution in [1.29, 1.82) is 0 Å². The van der Waals surface area contributed by atoms with Gasteiger partial charge in [-0.2, -0.15) is 0 Å². The molecule has 4 heteroatoms. The zero-order valence-electron chi connectivity index (χ0n) is 9.67. The van der Waals surface area contributed by atoms with E-state index in [1.165, 1.54) is 11.9 Å². The Morgan fingerprint density at radius 1 is 1.43 bits per heavy atom. The summed E-state index contributed by atoms with van der Waals surface area (Å²) in [5.74, 6) is 0. The van der Waals surface area contributed by atoms with E-state index in [0.29, 0.717) is 5.25 Å². The van der Waals surface area contributed by atoms with Crippen LogP contribution >= 0.6 is 11.9 Å². The van der Waals surface area contributed by atoms with Crippen molar-refractivity contribution in [3.63, 3.8) is 0 Å². The molecule has 84 valence electrons. The Morgan fingerprint density at radius 2 is 2.07 bits per heavy atom. The number of unbranched alkanes of at least 4 members (excludes halogenated alkanes) is 1. The quantitative estimate of drug-likeness (QED) is 0.695. The van der Waals surface area contributed by atoms with Crippen molar-refractivity contribution in [2.75, 3.05) is 13.1 Å². The number of carbonyl (C=O) groups is 1. The average Bonchev–Trinajstić information content (AvgIpc) is 2.16. The molecule has 0 aromatic rings. The summed E-state index contributed by atoms with van der Waals surface area (Å²) in [6, 6.07) is 0.0413. The van der Waals surface area contributed by atoms with Crippen LogP contribution < -0.4 is 4.72 Å². The molecule has 0 bridgehead atoms. The highest BCUT2D eigenvalue weighted by Crippen LogP contribution is 2.05. The van der Waals surface area contributed by atoms with Crippen LogP contribution in [-0.4, -0.2) is 29.3 Å². The molecule has 0 rings (SSSR count). The van der Waals surface area contributed by atoms with Gasteiger partial charge in [-0.25, -0.2) is 4.79 Å². The molecule has 0 unspecified atom stereocenters. The van der Waals surface area contributed by atoms with Crippen LogP contribution in [0.2, 0.25) is 0 Å². The highest BCUT2D eigenvalue weighted by Gasteiger charge is 2.10. The van der Waals surface area contributed by atoms with Crippen LogP contribution in [0, 0.1) is 0 Å². The lowest BCUT2D eigenvalue weighted by Crippen LogP contribution is -2.37. The normalized spacial score (nSPS) is 10.4. The summed E-state index contributed by atoms with van der Waals surface area (Å²) >= 11 is 1.48. The van der Waals surface area contributed by atoms with Gasteiger partial charge in [0.25, 0.3) is 0 Å². The molecule has 0 aliphatic heterocycles. The molecule has 0 saturated carbocycles. The maximum atomic E-state index is 11.6. The molecule has 0 atom stereocenters. The number of rotatable bonds is 6. The minimum Gasteiger partial charge on any atom is -0.324 e. The lowest BCUT2D eigenvalue weighted by atomic mass is 10.3. The van der Waals surface area contributed by atoms with Gasteiger partial charge >= 0.3 is 6.03 Å². The van der Waals surface area contributed by atoms with Gasteiger partial charge in [-0.05, 0) is 25.3 Å². The first kappa shape index (κ1) is 13.6. The standard InChI is InChI=1S/C10H22N2OS/c1-5-7-8-12(6-2)10(13)11-14-9(3)4/h9H,5-8H2,1-4H3,(H,11,13). The molecule has 0 heterocycles. The Bertz CT molecular complexity index is 162. The molecule has 0 radical (unpaired) electrons. The molecular weight excluding hydrogens is 196 g/mol. The summed E-state index contributed by atoms with van der Waals surface area (Å²) in [6.45, 7) is 9.91. The van der Waals surface area contributed by atoms with E-state index in [4.69, 9.17) is 0 Å². The van der Waals surface area contributed by atoms with Crippen molar-refractivity contribution >= 4 is 18.0 Å². The van der Waals surface area contributed by atoms with Crippen LogP contribution in [0.4, 0.5) is 4.79 Å². The van der Waals surface area contributed by atoms with Crippen molar-refractivity contribution in [1.82, 2.24) is 9.62 Å². The molecule has 0 fully saturated rings. The van der Waals surface area contributed by atoms with E-state index in [0.717, 1.165) is 25.9 Å². The van der Waals surface area contributed by atoms with Gasteiger partial charge in [-0.3, -0.25) is 4.72 Å². The number of nitrogens with one attached hydrogen (secondary N) is 1. The van der Waals surface area contributed by atoms with Crippen molar-refractivity contribution in [2.45, 2.75) is 45.8 Å². The predicted molar refractivity (Wildman–Crippen MR) is 63.4 cm³/mol. The van der Waals surface area contributed by atoms with E-state index in [-0.39, 0.29) is 6.03 Å². The third kappa shape index (κ3) is 6.13. The molecule has 14 heavy (non-hydrogen) atoms. The number of carbonyl (C=O) groups excluding carboxylic acids is 1. The molecule has 3 nitrogen and oxygen atoms in total. The summed E-state index contributed by atoms with van der Waals surface area (Å²) in [6.07, 6.45) is 2.20. The van der Waals surface area contributed by atoms with Gasteiger partial charge in [-0.1, -0.05) is 27.2 Å². The van der Waals surface area contributed by atoms with Crippen molar-refractivity contribution in [2.24, 2.45) is 0 Å². The molecule has 2 amide bonds. The van der Waals surface area contributed by atoms with Gasteiger partial charge < -0.3 is 4.90 Å². The second-order valence-corrected chi connectivity index (χ2v) is 4.89. The molecule has 1 N–H and O–H groups in total. The summed E-state index contributed by atoms with van der Waals surface area (Å²) in [4.78, 5) is 13.4. The SMILES string of the molecule is CCCCN(CC)C(=O)NSC(C)C. The smallest absolute Gasteiger partial charge is 0.324 e. The summed E-state index contributed by atoms with van der Waals surface area (Å²) in [5, 5.41) is 0.434. The highest BCUT2D eigenvalue weighted by atomic mass is 32.2. The first-order chi connectivity index (χ1) is 6.61. The monoisotopic (exact) mass is 218 g/mol. The van der Waals surface area contributed by atoms with Crippen LogP contribution in [0.25, 0.3) is 0 Å². The Labute approximate surface area is 91.8 Å². The summed E-state index contributed by atoms with van der Waals surface area (Å²) in [5.41, 5.74) is 0. The zero-order valence-corrected chi connectivity index (χ0v) is 10.5. The van der Waals surface area contributed by atoms with E-state index in [2.05, 4.69) is 25.5 Å². The Hall–Kier alpha value is -0.380. The molecule has 0 aliphatic carbocycles. The first-order valence-electron chi connectivity index (χ1n) is 5.32. The van der Waals surface area contributed by atoms with Gasteiger partial charge in [0.05, 0.1) is 0 Å². The zero-order chi connectivity index (χ0) is 11.0. The van der Waals surface area contributed by atoms with Crippen LogP contribution in [0.15, 0.2) is 0 Å². The first-order valence-corrected chi connectivity index (χ1v) is 6.20. The minimum absolute atomic E-state index is 0.0413. The number of amides is 2. The molecule has 0 spiro atoms. The van der Waals surface area contributed by atoms with E-state index in [1.54, 1.807) is 0 Å². The number of nitrogens with zero attached hydrogens (tertiary/aromatic N) is 1. The second-order valence-electron chi connectivity index (χ2n) is 3.51. The highest BCUT2D eigenvalue weighted by molar-refractivity contribution is 7.98. The fraction of sp³-hybridized carbons (Fsp3) is 0.900. The molecule has 0 aromatic heterocycles. The topological polar surface area (TPSA) is 32.3 Å². The van der Waals surface area contributed by atoms with Crippen LogP contribution in [-0.2, 0) is 0 Å². The van der Waals surface area contributed by atoms with Gasteiger partial charge in [0.15, 0.2) is 0 Å². The molecule has 0 aliphatic rings. The van der Waals surface area contributed by atoms with Crippen molar-refractivity contribution < 1.29 is 4.79 Å². The maximum absolute atomic E-state index is 11.6. The van der Waals surface area contributed by atoms with Gasteiger partial charge in [0.2, 0.25) is 0 Å². The maximum Gasteiger partial charge on any atom is 0.327 e. The van der Waals surface area contributed by atoms with Crippen LogP contribution in [0.1, 0.15) is 40.5 Å². The van der Waals surface area contributed by atoms with Crippen molar-refractivity contribution in [3.8, 4) is 0 Å².